The summed E-state index contributed by atoms with van der Waals surface area (Å²) in [7, 11) is 0. The number of anilines is 1. The number of amidine groups is 1. The summed E-state index contributed by atoms with van der Waals surface area (Å²) < 4.78 is 5.64. The Labute approximate surface area is 202 Å². The van der Waals surface area contributed by atoms with E-state index in [0.717, 1.165) is 44.5 Å². The average Bonchev–Trinajstić information content (AvgIpc) is 2.88. The highest BCUT2D eigenvalue weighted by atomic mass is 16.5. The summed E-state index contributed by atoms with van der Waals surface area (Å²) in [5, 5.41) is 10.7. The second-order valence-electron chi connectivity index (χ2n) is 10.1. The molecule has 0 radical (unpaired) electrons. The van der Waals surface area contributed by atoms with Crippen LogP contribution in [0.2, 0.25) is 0 Å². The molecule has 0 atom stereocenters. The molecule has 34 heavy (non-hydrogen) atoms. The van der Waals surface area contributed by atoms with E-state index in [1.54, 1.807) is 0 Å². The van der Waals surface area contributed by atoms with Crippen LogP contribution in [0.1, 0.15) is 63.4 Å². The van der Waals surface area contributed by atoms with Gasteiger partial charge in [0.2, 0.25) is 0 Å². The lowest BCUT2D eigenvalue weighted by Crippen LogP contribution is -2.54. The number of ether oxygens (including phenoxy) is 1. The Morgan fingerprint density at radius 3 is 2.21 bits per heavy atom. The van der Waals surface area contributed by atoms with Gasteiger partial charge in [0.15, 0.2) is 0 Å². The van der Waals surface area contributed by atoms with Gasteiger partial charge in [-0.1, -0.05) is 19.3 Å². The Morgan fingerprint density at radius 1 is 0.941 bits per heavy atom. The summed E-state index contributed by atoms with van der Waals surface area (Å²) in [4.78, 5) is 29.4. The van der Waals surface area contributed by atoms with Crippen LogP contribution in [-0.4, -0.2) is 61.6 Å². The third-order valence-electron chi connectivity index (χ3n) is 7.68. The highest BCUT2D eigenvalue weighted by Crippen LogP contribution is 2.28. The van der Waals surface area contributed by atoms with Crippen molar-refractivity contribution in [3.63, 3.8) is 0 Å². The monoisotopic (exact) mass is 469 g/mol. The molecule has 2 amide bonds. The molecule has 3 fully saturated rings. The quantitative estimate of drug-likeness (QED) is 0.335. The second kappa shape index (κ2) is 11.6. The van der Waals surface area contributed by atoms with Crippen LogP contribution in [0, 0.1) is 17.2 Å². The summed E-state index contributed by atoms with van der Waals surface area (Å²) >= 11 is 0. The summed E-state index contributed by atoms with van der Waals surface area (Å²) in [5.41, 5.74) is 7.33. The molecular weight excluding hydrogens is 430 g/mol. The molecule has 1 heterocycles. The van der Waals surface area contributed by atoms with Crippen LogP contribution in [0.3, 0.4) is 0 Å². The first kappa shape index (κ1) is 24.4. The molecule has 1 saturated heterocycles. The van der Waals surface area contributed by atoms with Crippen molar-refractivity contribution in [2.45, 2.75) is 63.8 Å². The minimum absolute atomic E-state index is 0.00472. The zero-order valence-electron chi connectivity index (χ0n) is 20.1. The van der Waals surface area contributed by atoms with Crippen molar-refractivity contribution in [1.82, 2.24) is 10.2 Å². The highest BCUT2D eigenvalue weighted by molar-refractivity contribution is 5.95. The highest BCUT2D eigenvalue weighted by Gasteiger charge is 2.30. The van der Waals surface area contributed by atoms with Gasteiger partial charge < -0.3 is 25.6 Å². The van der Waals surface area contributed by atoms with Crippen LogP contribution in [0.15, 0.2) is 24.3 Å². The predicted octanol–water partition coefficient (Wildman–Crippen LogP) is 3.48. The molecule has 0 unspecified atom stereocenters. The molecule has 2 aliphatic carbocycles. The largest absolute Gasteiger partial charge is 0.465 e. The Bertz CT molecular complexity index is 836. The first-order chi connectivity index (χ1) is 16.5. The molecule has 1 aliphatic heterocycles. The SMILES string of the molecule is N=C(N)c1ccc(N2CCN(C(=O)NC3CCC(C(=O)OCC4CCCCC4)CC3)CC2)cc1. The number of piperazine rings is 1. The maximum atomic E-state index is 12.8. The zero-order valence-corrected chi connectivity index (χ0v) is 20.1. The van der Waals surface area contributed by atoms with E-state index in [4.69, 9.17) is 15.9 Å². The number of amides is 2. The van der Waals surface area contributed by atoms with E-state index in [0.29, 0.717) is 31.2 Å². The molecule has 8 heteroatoms. The summed E-state index contributed by atoms with van der Waals surface area (Å²) in [6, 6.07) is 7.80. The molecule has 0 spiro atoms. The van der Waals surface area contributed by atoms with E-state index in [9.17, 15) is 9.59 Å². The number of esters is 1. The average molecular weight is 470 g/mol. The fraction of sp³-hybridized carbons (Fsp3) is 0.654. The van der Waals surface area contributed by atoms with Gasteiger partial charge in [-0.25, -0.2) is 4.79 Å². The Morgan fingerprint density at radius 2 is 1.59 bits per heavy atom. The van der Waals surface area contributed by atoms with Crippen molar-refractivity contribution < 1.29 is 14.3 Å². The first-order valence-electron chi connectivity index (χ1n) is 12.9. The number of benzene rings is 1. The van der Waals surface area contributed by atoms with Crippen molar-refractivity contribution >= 4 is 23.5 Å². The van der Waals surface area contributed by atoms with Crippen molar-refractivity contribution in [1.29, 1.82) is 5.41 Å². The zero-order chi connectivity index (χ0) is 23.9. The number of nitrogen functional groups attached to an aromatic ring is 1. The Kier molecular flexibility index (Phi) is 8.29. The number of hydrogen-bond acceptors (Lipinski definition) is 5. The Hall–Kier alpha value is -2.77. The fourth-order valence-electron chi connectivity index (χ4n) is 5.43. The number of rotatable bonds is 6. The third kappa shape index (κ3) is 6.42. The Balaban J connectivity index is 1.14. The number of carbonyl (C=O) groups excluding carboxylic acids is 2. The molecule has 2 saturated carbocycles. The van der Waals surface area contributed by atoms with Crippen LogP contribution in [0.4, 0.5) is 10.5 Å². The molecular formula is C26H39N5O3. The number of nitrogens with zero attached hydrogens (tertiary/aromatic N) is 2. The van der Waals surface area contributed by atoms with Gasteiger partial charge in [0, 0.05) is 43.5 Å². The maximum Gasteiger partial charge on any atom is 0.317 e. The van der Waals surface area contributed by atoms with Gasteiger partial charge in [0.25, 0.3) is 0 Å². The van der Waals surface area contributed by atoms with E-state index >= 15 is 0 Å². The standard InChI is InChI=1S/C26H39N5O3/c27-24(28)20-8-12-23(13-9-20)30-14-16-31(17-15-30)26(33)29-22-10-6-21(7-11-22)25(32)34-18-19-4-2-1-3-5-19/h8-9,12-13,19,21-22H,1-7,10-11,14-18H2,(H3,27,28)(H,29,33). The smallest absolute Gasteiger partial charge is 0.317 e. The topological polar surface area (TPSA) is 112 Å². The van der Waals surface area contributed by atoms with Gasteiger partial charge in [-0.05, 0) is 68.7 Å². The number of carbonyl (C=O) groups is 2. The molecule has 8 nitrogen and oxygen atoms in total. The number of nitrogens with one attached hydrogen (secondary N) is 2. The number of urea groups is 1. The van der Waals surface area contributed by atoms with Gasteiger partial charge in [-0.2, -0.15) is 0 Å². The minimum Gasteiger partial charge on any atom is -0.465 e. The number of hydrogen-bond donors (Lipinski definition) is 3. The van der Waals surface area contributed by atoms with E-state index in [-0.39, 0.29) is 29.8 Å². The van der Waals surface area contributed by atoms with E-state index < -0.39 is 0 Å². The maximum absolute atomic E-state index is 12.8. The summed E-state index contributed by atoms with van der Waals surface area (Å²) in [6.07, 6.45) is 9.45. The van der Waals surface area contributed by atoms with Crippen molar-refractivity contribution in [2.75, 3.05) is 37.7 Å². The van der Waals surface area contributed by atoms with Crippen LogP contribution in [0.25, 0.3) is 0 Å². The molecule has 1 aromatic carbocycles. The first-order valence-corrected chi connectivity index (χ1v) is 12.9. The third-order valence-corrected chi connectivity index (χ3v) is 7.68. The lowest BCUT2D eigenvalue weighted by molar-refractivity contribution is -0.151. The predicted molar refractivity (Wildman–Crippen MR) is 133 cm³/mol. The summed E-state index contributed by atoms with van der Waals surface area (Å²) in [6.45, 7) is 3.47. The minimum atomic E-state index is -0.0391. The molecule has 1 aromatic rings. The van der Waals surface area contributed by atoms with Gasteiger partial charge in [0.1, 0.15) is 5.84 Å². The normalized spacial score (nSPS) is 23.9. The molecule has 3 aliphatic rings. The van der Waals surface area contributed by atoms with E-state index in [1.165, 1.54) is 32.1 Å². The van der Waals surface area contributed by atoms with Crippen LogP contribution in [-0.2, 0) is 9.53 Å². The van der Waals surface area contributed by atoms with Gasteiger partial charge in [-0.15, -0.1) is 0 Å². The van der Waals surface area contributed by atoms with Gasteiger partial charge in [-0.3, -0.25) is 10.2 Å². The molecule has 186 valence electrons. The van der Waals surface area contributed by atoms with E-state index in [1.807, 2.05) is 29.2 Å². The van der Waals surface area contributed by atoms with Crippen LogP contribution >= 0.6 is 0 Å². The fourth-order valence-corrected chi connectivity index (χ4v) is 5.43. The van der Waals surface area contributed by atoms with E-state index in [2.05, 4.69) is 10.2 Å². The lowest BCUT2D eigenvalue weighted by atomic mass is 9.86. The van der Waals surface area contributed by atoms with Crippen molar-refractivity contribution in [3.05, 3.63) is 29.8 Å². The van der Waals surface area contributed by atoms with Crippen LogP contribution < -0.4 is 16.0 Å². The molecule has 0 aromatic heterocycles. The molecule has 0 bridgehead atoms. The van der Waals surface area contributed by atoms with Gasteiger partial charge >= 0.3 is 12.0 Å². The van der Waals surface area contributed by atoms with Crippen molar-refractivity contribution in [3.8, 4) is 0 Å². The second-order valence-corrected chi connectivity index (χ2v) is 10.1. The number of nitrogens with two attached hydrogens (primary N) is 1. The molecule has 4 rings (SSSR count). The van der Waals surface area contributed by atoms with Gasteiger partial charge in [0.05, 0.1) is 12.5 Å². The molecule has 4 N–H and O–H groups in total. The summed E-state index contributed by atoms with van der Waals surface area (Å²) in [5.74, 6) is 0.560. The van der Waals surface area contributed by atoms with Crippen molar-refractivity contribution in [2.24, 2.45) is 17.6 Å². The van der Waals surface area contributed by atoms with Crippen LogP contribution in [0.5, 0.6) is 0 Å². The lowest BCUT2D eigenvalue weighted by Gasteiger charge is -2.37.